The molecule has 1 aromatic carbocycles. The first-order chi connectivity index (χ1) is 10.1. The van der Waals surface area contributed by atoms with E-state index in [-0.39, 0.29) is 12.4 Å². The molecule has 5 heteroatoms. The highest BCUT2D eigenvalue weighted by Gasteiger charge is 2.19. The van der Waals surface area contributed by atoms with Crippen molar-refractivity contribution in [1.29, 1.82) is 0 Å². The van der Waals surface area contributed by atoms with Crippen molar-refractivity contribution in [1.82, 2.24) is 0 Å². The molecule has 1 aromatic rings. The van der Waals surface area contributed by atoms with Gasteiger partial charge in [0.05, 0.1) is 11.8 Å². The Hall–Kier alpha value is -1.62. The lowest BCUT2D eigenvalue weighted by Gasteiger charge is -2.17. The molecule has 1 aliphatic carbocycles. The normalized spacial score (nSPS) is 18.0. The highest BCUT2D eigenvalue weighted by Crippen LogP contribution is 2.29. The fourth-order valence-electron chi connectivity index (χ4n) is 2.85. The minimum Gasteiger partial charge on any atom is -0.490 e. The van der Waals surface area contributed by atoms with Gasteiger partial charge in [-0.2, -0.15) is 0 Å². The van der Waals surface area contributed by atoms with Gasteiger partial charge >= 0.3 is 0 Å². The molecule has 1 atom stereocenters. The summed E-state index contributed by atoms with van der Waals surface area (Å²) >= 11 is 0. The molecular weight excluding hydrogens is 273 g/mol. The maximum absolute atomic E-state index is 13.3. The first-order valence-corrected chi connectivity index (χ1v) is 7.39. The second-order valence-corrected chi connectivity index (χ2v) is 5.68. The number of hydrogen-bond acceptors (Lipinski definition) is 4. The van der Waals surface area contributed by atoms with Gasteiger partial charge in [0, 0.05) is 11.6 Å². The van der Waals surface area contributed by atoms with Crippen molar-refractivity contribution in [2.75, 3.05) is 6.61 Å². The molecule has 1 unspecified atom stereocenters. The number of oxime groups is 1. The van der Waals surface area contributed by atoms with Crippen LogP contribution in [0.4, 0.5) is 4.39 Å². The van der Waals surface area contributed by atoms with Crippen molar-refractivity contribution in [3.05, 3.63) is 29.6 Å². The summed E-state index contributed by atoms with van der Waals surface area (Å²) in [6.07, 6.45) is 4.96. The van der Waals surface area contributed by atoms with E-state index in [1.165, 1.54) is 43.9 Å². The quantitative estimate of drug-likeness (QED) is 0.480. The van der Waals surface area contributed by atoms with Gasteiger partial charge in [0.1, 0.15) is 18.2 Å². The Morgan fingerprint density at radius 3 is 2.81 bits per heavy atom. The zero-order chi connectivity index (χ0) is 15.2. The molecule has 0 aromatic heterocycles. The largest absolute Gasteiger partial charge is 0.490 e. The third-order valence-electron chi connectivity index (χ3n) is 3.99. The summed E-state index contributed by atoms with van der Waals surface area (Å²) in [4.78, 5) is 0. The number of nitrogens with zero attached hydrogens (tertiary/aromatic N) is 1. The summed E-state index contributed by atoms with van der Waals surface area (Å²) in [5, 5.41) is 22.0. The Morgan fingerprint density at radius 2 is 2.14 bits per heavy atom. The minimum atomic E-state index is -0.560. The van der Waals surface area contributed by atoms with Gasteiger partial charge < -0.3 is 15.1 Å². The number of halogens is 1. The van der Waals surface area contributed by atoms with E-state index in [1.54, 1.807) is 6.92 Å². The van der Waals surface area contributed by atoms with Crippen molar-refractivity contribution in [2.24, 2.45) is 11.1 Å². The van der Waals surface area contributed by atoms with Crippen molar-refractivity contribution < 1.29 is 19.4 Å². The van der Waals surface area contributed by atoms with Crippen molar-refractivity contribution in [2.45, 2.75) is 45.1 Å². The molecule has 4 nitrogen and oxygen atoms in total. The van der Waals surface area contributed by atoms with Gasteiger partial charge in [0.25, 0.3) is 0 Å². The van der Waals surface area contributed by atoms with Gasteiger partial charge in [0.15, 0.2) is 0 Å². The first-order valence-electron chi connectivity index (χ1n) is 7.39. The summed E-state index contributed by atoms with van der Waals surface area (Å²) in [5.41, 5.74) is 0.863. The SMILES string of the molecule is C/C(=N/O)c1ccc(F)cc1OCC(O)CC1CCCC1. The predicted octanol–water partition coefficient (Wildman–Crippen LogP) is 3.34. The van der Waals surface area contributed by atoms with Crippen LogP contribution in [0.3, 0.4) is 0 Å². The zero-order valence-corrected chi connectivity index (χ0v) is 12.3. The predicted molar refractivity (Wildman–Crippen MR) is 78.5 cm³/mol. The van der Waals surface area contributed by atoms with Gasteiger partial charge in [-0.25, -0.2) is 4.39 Å². The Morgan fingerprint density at radius 1 is 1.43 bits per heavy atom. The molecule has 0 spiro atoms. The second-order valence-electron chi connectivity index (χ2n) is 5.68. The number of rotatable bonds is 6. The molecule has 0 radical (unpaired) electrons. The number of benzene rings is 1. The zero-order valence-electron chi connectivity index (χ0n) is 12.3. The molecule has 0 amide bonds. The summed E-state index contributed by atoms with van der Waals surface area (Å²) in [6, 6.07) is 4.03. The second kappa shape index (κ2) is 7.41. The van der Waals surface area contributed by atoms with E-state index >= 15 is 0 Å². The molecule has 2 N–H and O–H groups in total. The third-order valence-corrected chi connectivity index (χ3v) is 3.99. The lowest BCUT2D eigenvalue weighted by molar-refractivity contribution is 0.0853. The van der Waals surface area contributed by atoms with Gasteiger partial charge in [-0.15, -0.1) is 0 Å². The van der Waals surface area contributed by atoms with E-state index in [2.05, 4.69) is 5.16 Å². The van der Waals surface area contributed by atoms with E-state index in [9.17, 15) is 9.50 Å². The standard InChI is InChI=1S/C16H22FNO3/c1-11(18-20)15-7-6-13(17)9-16(15)21-10-14(19)8-12-4-2-3-5-12/h6-7,9,12,14,19-20H,2-5,8,10H2,1H3/b18-11-. The number of hydrogen-bond donors (Lipinski definition) is 2. The number of aliphatic hydroxyl groups is 1. The fraction of sp³-hybridized carbons (Fsp3) is 0.562. The van der Waals surface area contributed by atoms with Gasteiger partial charge in [0.2, 0.25) is 0 Å². The van der Waals surface area contributed by atoms with Crippen LogP contribution < -0.4 is 4.74 Å². The Kier molecular flexibility index (Phi) is 5.56. The van der Waals surface area contributed by atoms with Crippen molar-refractivity contribution >= 4 is 5.71 Å². The fourth-order valence-corrected chi connectivity index (χ4v) is 2.85. The average molecular weight is 295 g/mol. The van der Waals surface area contributed by atoms with Crippen LogP contribution in [-0.2, 0) is 0 Å². The van der Waals surface area contributed by atoms with Crippen LogP contribution in [0, 0.1) is 11.7 Å². The van der Waals surface area contributed by atoms with Crippen molar-refractivity contribution in [3.8, 4) is 5.75 Å². The van der Waals surface area contributed by atoms with Crippen LogP contribution >= 0.6 is 0 Å². The summed E-state index contributed by atoms with van der Waals surface area (Å²) in [6.45, 7) is 1.72. The highest BCUT2D eigenvalue weighted by atomic mass is 19.1. The maximum Gasteiger partial charge on any atom is 0.131 e. The van der Waals surface area contributed by atoms with Crippen molar-refractivity contribution in [3.63, 3.8) is 0 Å². The maximum atomic E-state index is 13.3. The number of aliphatic hydroxyl groups excluding tert-OH is 1. The van der Waals surface area contributed by atoms with Crippen LogP contribution in [0.5, 0.6) is 5.75 Å². The first kappa shape index (κ1) is 15.8. The van der Waals surface area contributed by atoms with E-state index in [0.717, 1.165) is 6.42 Å². The average Bonchev–Trinajstić information content (AvgIpc) is 2.97. The van der Waals surface area contributed by atoms with Crippen LogP contribution in [0.2, 0.25) is 0 Å². The molecule has 0 saturated heterocycles. The van der Waals surface area contributed by atoms with E-state index in [1.807, 2.05) is 0 Å². The molecule has 116 valence electrons. The van der Waals surface area contributed by atoms with Crippen LogP contribution in [0.25, 0.3) is 0 Å². The van der Waals surface area contributed by atoms with E-state index in [0.29, 0.717) is 17.2 Å². The summed E-state index contributed by atoms with van der Waals surface area (Å²) in [7, 11) is 0. The lowest BCUT2D eigenvalue weighted by atomic mass is 10.0. The third kappa shape index (κ3) is 4.43. The molecule has 0 bridgehead atoms. The van der Waals surface area contributed by atoms with Gasteiger partial charge in [-0.05, 0) is 31.4 Å². The summed E-state index contributed by atoms with van der Waals surface area (Å²) in [5.74, 6) is 0.428. The highest BCUT2D eigenvalue weighted by molar-refractivity contribution is 6.00. The Bertz CT molecular complexity index is 498. The van der Waals surface area contributed by atoms with Gasteiger partial charge in [-0.1, -0.05) is 30.8 Å². The van der Waals surface area contributed by atoms with E-state index in [4.69, 9.17) is 9.94 Å². The molecule has 21 heavy (non-hydrogen) atoms. The molecular formula is C16H22FNO3. The Balaban J connectivity index is 1.96. The van der Waals surface area contributed by atoms with Crippen LogP contribution in [0.1, 0.15) is 44.6 Å². The molecule has 1 fully saturated rings. The number of ether oxygens (including phenoxy) is 1. The monoisotopic (exact) mass is 295 g/mol. The topological polar surface area (TPSA) is 62.1 Å². The lowest BCUT2D eigenvalue weighted by Crippen LogP contribution is -2.21. The molecule has 1 saturated carbocycles. The molecule has 1 aliphatic rings. The minimum absolute atomic E-state index is 0.117. The molecule has 0 aliphatic heterocycles. The smallest absolute Gasteiger partial charge is 0.131 e. The summed E-state index contributed by atoms with van der Waals surface area (Å²) < 4.78 is 18.9. The van der Waals surface area contributed by atoms with Gasteiger partial charge in [-0.3, -0.25) is 0 Å². The molecule has 2 rings (SSSR count). The van der Waals surface area contributed by atoms with Crippen LogP contribution in [0.15, 0.2) is 23.4 Å². The Labute approximate surface area is 124 Å². The molecule has 0 heterocycles. The van der Waals surface area contributed by atoms with Crippen LogP contribution in [-0.4, -0.2) is 28.7 Å². The van der Waals surface area contributed by atoms with E-state index < -0.39 is 11.9 Å².